The summed E-state index contributed by atoms with van der Waals surface area (Å²) in [6.45, 7) is 3.08. The average molecular weight is 558 g/mol. The van der Waals surface area contributed by atoms with Crippen molar-refractivity contribution in [3.63, 3.8) is 0 Å². The van der Waals surface area contributed by atoms with E-state index in [1.165, 1.54) is 25.1 Å². The van der Waals surface area contributed by atoms with E-state index in [1.807, 2.05) is 22.8 Å². The van der Waals surface area contributed by atoms with Crippen LogP contribution in [-0.2, 0) is 4.79 Å². The molecule has 0 saturated carbocycles. The lowest BCUT2D eigenvalue weighted by Gasteiger charge is -2.37. The zero-order valence-electron chi connectivity index (χ0n) is 20.0. The standard InChI is InChI=1S/C26H25ClFN5O2S2/c1-17(34)33(32-12-14-37-15-13-32)24-11-10-20(16-22(24)27)31-26(36)30-19-8-6-18(7-9-19)29-25(35)21-4-2-3-5-23(21)28/h2-11,16H,12-15H2,1H3,(H,29,35)(H2,30,31,36). The molecule has 0 unspecified atom stereocenters. The van der Waals surface area contributed by atoms with E-state index < -0.39 is 11.7 Å². The Morgan fingerprint density at radius 3 is 2.16 bits per heavy atom. The Balaban J connectivity index is 1.36. The van der Waals surface area contributed by atoms with Crippen molar-refractivity contribution >= 4 is 75.3 Å². The molecule has 0 spiro atoms. The molecule has 0 bridgehead atoms. The zero-order valence-corrected chi connectivity index (χ0v) is 22.4. The molecule has 7 nitrogen and oxygen atoms in total. The molecule has 4 rings (SSSR count). The topological polar surface area (TPSA) is 76.7 Å². The van der Waals surface area contributed by atoms with E-state index in [-0.39, 0.29) is 11.5 Å². The number of hydrogen-bond donors (Lipinski definition) is 3. The third-order valence-corrected chi connectivity index (χ3v) is 6.97. The summed E-state index contributed by atoms with van der Waals surface area (Å²) >= 11 is 13.8. The van der Waals surface area contributed by atoms with Crippen molar-refractivity contribution in [3.05, 3.63) is 83.1 Å². The van der Waals surface area contributed by atoms with Crippen LogP contribution in [-0.4, -0.2) is 46.5 Å². The number of rotatable bonds is 6. The van der Waals surface area contributed by atoms with E-state index in [0.717, 1.165) is 24.6 Å². The molecular weight excluding hydrogens is 533 g/mol. The monoisotopic (exact) mass is 557 g/mol. The van der Waals surface area contributed by atoms with E-state index >= 15 is 0 Å². The number of amides is 2. The highest BCUT2D eigenvalue weighted by Gasteiger charge is 2.24. The van der Waals surface area contributed by atoms with Crippen LogP contribution in [0.15, 0.2) is 66.7 Å². The van der Waals surface area contributed by atoms with Gasteiger partial charge in [0.05, 0.1) is 16.3 Å². The number of benzene rings is 3. The van der Waals surface area contributed by atoms with E-state index in [9.17, 15) is 14.0 Å². The Morgan fingerprint density at radius 2 is 1.54 bits per heavy atom. The third-order valence-electron chi connectivity index (χ3n) is 5.52. The summed E-state index contributed by atoms with van der Waals surface area (Å²) < 4.78 is 13.8. The predicted molar refractivity (Wildman–Crippen MR) is 154 cm³/mol. The SMILES string of the molecule is CC(=O)N(c1ccc(NC(=S)Nc2ccc(NC(=O)c3ccccc3F)cc2)cc1Cl)N1CCSCC1. The fraction of sp³-hybridized carbons (Fsp3) is 0.192. The quantitative estimate of drug-likeness (QED) is 0.328. The minimum absolute atomic E-state index is 0.0267. The fourth-order valence-corrected chi connectivity index (χ4v) is 5.19. The Hall–Kier alpha value is -3.18. The lowest BCUT2D eigenvalue weighted by atomic mass is 10.2. The molecule has 1 fully saturated rings. The fourth-order valence-electron chi connectivity index (χ4n) is 3.81. The molecule has 11 heteroatoms. The van der Waals surface area contributed by atoms with Crippen LogP contribution in [0, 0.1) is 5.82 Å². The summed E-state index contributed by atoms with van der Waals surface area (Å²) in [6, 6.07) is 18.0. The Kier molecular flexibility index (Phi) is 8.99. The molecule has 0 atom stereocenters. The van der Waals surface area contributed by atoms with Crippen LogP contribution < -0.4 is 21.0 Å². The van der Waals surface area contributed by atoms with Gasteiger partial charge in [0.25, 0.3) is 5.91 Å². The second kappa shape index (κ2) is 12.4. The number of hydrogen-bond acceptors (Lipinski definition) is 5. The Labute approximate surface area is 229 Å². The first-order valence-corrected chi connectivity index (χ1v) is 13.4. The Morgan fingerprint density at radius 1 is 0.946 bits per heavy atom. The van der Waals surface area contributed by atoms with Crippen LogP contribution in [0.2, 0.25) is 5.02 Å². The van der Waals surface area contributed by atoms with Gasteiger partial charge in [0.1, 0.15) is 5.82 Å². The molecule has 0 aliphatic carbocycles. The summed E-state index contributed by atoms with van der Waals surface area (Å²) in [7, 11) is 0. The van der Waals surface area contributed by atoms with Crippen molar-refractivity contribution in [2.24, 2.45) is 0 Å². The van der Waals surface area contributed by atoms with Gasteiger partial charge < -0.3 is 16.0 Å². The summed E-state index contributed by atoms with van der Waals surface area (Å²) in [5, 5.41) is 13.2. The van der Waals surface area contributed by atoms with Gasteiger partial charge in [-0.2, -0.15) is 11.8 Å². The van der Waals surface area contributed by atoms with Gasteiger partial charge in [0.15, 0.2) is 5.11 Å². The van der Waals surface area contributed by atoms with Gasteiger partial charge in [-0.25, -0.2) is 14.4 Å². The summed E-state index contributed by atoms with van der Waals surface area (Å²) in [4.78, 5) is 24.7. The normalized spacial score (nSPS) is 13.5. The van der Waals surface area contributed by atoms with Crippen molar-refractivity contribution in [2.45, 2.75) is 6.92 Å². The molecule has 1 aliphatic heterocycles. The van der Waals surface area contributed by atoms with Crippen LogP contribution in [0.25, 0.3) is 0 Å². The van der Waals surface area contributed by atoms with Crippen molar-refractivity contribution in [1.82, 2.24) is 5.01 Å². The van der Waals surface area contributed by atoms with E-state index in [1.54, 1.807) is 47.5 Å². The number of nitrogens with zero attached hydrogens (tertiary/aromatic N) is 2. The van der Waals surface area contributed by atoms with Gasteiger partial charge in [-0.1, -0.05) is 23.7 Å². The molecule has 1 heterocycles. The molecule has 192 valence electrons. The molecule has 0 aromatic heterocycles. The molecule has 3 N–H and O–H groups in total. The van der Waals surface area contributed by atoms with Gasteiger partial charge in [-0.15, -0.1) is 0 Å². The number of anilines is 4. The number of carbonyl (C=O) groups excluding carboxylic acids is 2. The minimum Gasteiger partial charge on any atom is -0.332 e. The molecule has 1 aliphatic rings. The molecule has 0 radical (unpaired) electrons. The van der Waals surface area contributed by atoms with E-state index in [4.69, 9.17) is 23.8 Å². The number of carbonyl (C=O) groups is 2. The van der Waals surface area contributed by atoms with Crippen LogP contribution >= 0.6 is 35.6 Å². The molecule has 1 saturated heterocycles. The first-order valence-electron chi connectivity index (χ1n) is 11.5. The smallest absolute Gasteiger partial charge is 0.258 e. The number of halogens is 2. The largest absolute Gasteiger partial charge is 0.332 e. The maximum Gasteiger partial charge on any atom is 0.258 e. The highest BCUT2D eigenvalue weighted by atomic mass is 35.5. The first kappa shape index (κ1) is 26.9. The van der Waals surface area contributed by atoms with Crippen LogP contribution in [0.4, 0.5) is 27.1 Å². The zero-order chi connectivity index (χ0) is 26.4. The van der Waals surface area contributed by atoms with Crippen LogP contribution in [0.1, 0.15) is 17.3 Å². The highest BCUT2D eigenvalue weighted by molar-refractivity contribution is 7.99. The highest BCUT2D eigenvalue weighted by Crippen LogP contribution is 2.31. The predicted octanol–water partition coefficient (Wildman–Crippen LogP) is 5.86. The van der Waals surface area contributed by atoms with E-state index in [0.29, 0.717) is 32.9 Å². The second-order valence-corrected chi connectivity index (χ2v) is 10.2. The number of hydrazine groups is 1. The van der Waals surface area contributed by atoms with Gasteiger partial charge in [-0.3, -0.25) is 9.59 Å². The molecular formula is C26H25ClFN5O2S2. The van der Waals surface area contributed by atoms with Crippen LogP contribution in [0.3, 0.4) is 0 Å². The number of thioether (sulfide) groups is 1. The van der Waals surface area contributed by atoms with E-state index in [2.05, 4.69) is 16.0 Å². The number of thiocarbonyl (C=S) groups is 1. The number of nitrogens with one attached hydrogen (secondary N) is 3. The summed E-state index contributed by atoms with van der Waals surface area (Å²) in [6.07, 6.45) is 0. The second-order valence-electron chi connectivity index (χ2n) is 8.15. The van der Waals surface area contributed by atoms with Gasteiger partial charge >= 0.3 is 0 Å². The van der Waals surface area contributed by atoms with Crippen molar-refractivity contribution in [2.75, 3.05) is 45.6 Å². The third kappa shape index (κ3) is 6.98. The van der Waals surface area contributed by atoms with Crippen molar-refractivity contribution in [1.29, 1.82) is 0 Å². The summed E-state index contributed by atoms with van der Waals surface area (Å²) in [5.74, 6) is 0.710. The van der Waals surface area contributed by atoms with Crippen LogP contribution in [0.5, 0.6) is 0 Å². The first-order chi connectivity index (χ1) is 17.8. The molecule has 3 aromatic carbocycles. The molecule has 3 aromatic rings. The average Bonchev–Trinajstić information content (AvgIpc) is 2.87. The Bertz CT molecular complexity index is 1300. The summed E-state index contributed by atoms with van der Waals surface area (Å²) in [5.41, 5.74) is 2.47. The van der Waals surface area contributed by atoms with Crippen molar-refractivity contribution < 1.29 is 14.0 Å². The van der Waals surface area contributed by atoms with Gasteiger partial charge in [-0.05, 0) is 66.8 Å². The lowest BCUT2D eigenvalue weighted by molar-refractivity contribution is -0.119. The maximum absolute atomic E-state index is 13.8. The maximum atomic E-state index is 13.8. The molecule has 37 heavy (non-hydrogen) atoms. The minimum atomic E-state index is -0.581. The van der Waals surface area contributed by atoms with Gasteiger partial charge in [0, 0.05) is 48.6 Å². The van der Waals surface area contributed by atoms with Crippen molar-refractivity contribution in [3.8, 4) is 0 Å². The van der Waals surface area contributed by atoms with Gasteiger partial charge in [0.2, 0.25) is 5.91 Å². The molecule has 2 amide bonds. The lowest BCUT2D eigenvalue weighted by Crippen LogP contribution is -2.49.